The van der Waals surface area contributed by atoms with Gasteiger partial charge in [-0.25, -0.2) is 4.79 Å². The highest BCUT2D eigenvalue weighted by atomic mass is 16.5. The lowest BCUT2D eigenvalue weighted by Crippen LogP contribution is -2.46. The normalized spacial score (nSPS) is 22.2. The summed E-state index contributed by atoms with van der Waals surface area (Å²) in [5.74, 6) is -0.637. The number of carboxylic acids is 1. The number of para-hydroxylation sites is 1. The molecule has 28 heavy (non-hydrogen) atoms. The van der Waals surface area contributed by atoms with Crippen LogP contribution in [-0.4, -0.2) is 63.5 Å². The molecule has 1 fully saturated rings. The van der Waals surface area contributed by atoms with Gasteiger partial charge in [0.2, 0.25) is 0 Å². The van der Waals surface area contributed by atoms with Crippen LogP contribution in [0, 0.1) is 6.92 Å². The molecule has 2 aromatic rings. The number of carboxylic acid groups (broad SMARTS) is 1. The number of aromatic nitrogens is 2. The van der Waals surface area contributed by atoms with E-state index in [-0.39, 0.29) is 24.6 Å². The van der Waals surface area contributed by atoms with Gasteiger partial charge in [0.1, 0.15) is 11.8 Å². The van der Waals surface area contributed by atoms with Crippen LogP contribution in [0.1, 0.15) is 24.2 Å². The average Bonchev–Trinajstić information content (AvgIpc) is 3.35. The van der Waals surface area contributed by atoms with E-state index in [9.17, 15) is 14.7 Å². The number of carbonyl (C=O) groups excluding carboxylic acids is 1. The summed E-state index contributed by atoms with van der Waals surface area (Å²) in [7, 11) is 0. The van der Waals surface area contributed by atoms with Crippen LogP contribution in [0.2, 0.25) is 0 Å². The van der Waals surface area contributed by atoms with Crippen molar-refractivity contribution in [1.29, 1.82) is 0 Å². The summed E-state index contributed by atoms with van der Waals surface area (Å²) < 4.78 is 10.7. The third kappa shape index (κ3) is 3.33. The Kier molecular flexibility index (Phi) is 4.78. The number of hydrogen-bond acceptors (Lipinski definition) is 8. The Morgan fingerprint density at radius 3 is 2.71 bits per heavy atom. The number of amides is 1. The number of aryl methyl sites for hydroxylation is 1. The Balaban J connectivity index is 1.61. The van der Waals surface area contributed by atoms with Crippen LogP contribution >= 0.6 is 0 Å². The molecule has 2 aliphatic rings. The quantitative estimate of drug-likeness (QED) is 0.827. The minimum atomic E-state index is -1.04. The van der Waals surface area contributed by atoms with Crippen molar-refractivity contribution in [2.45, 2.75) is 25.4 Å². The zero-order valence-corrected chi connectivity index (χ0v) is 15.2. The molecule has 0 saturated carbocycles. The highest BCUT2D eigenvalue weighted by molar-refractivity contribution is 6.40. The summed E-state index contributed by atoms with van der Waals surface area (Å²) in [5.41, 5.74) is 0.795. The largest absolute Gasteiger partial charge is 0.480 e. The van der Waals surface area contributed by atoms with Crippen molar-refractivity contribution >= 4 is 23.3 Å². The monoisotopic (exact) mass is 385 g/mol. The van der Waals surface area contributed by atoms with Crippen LogP contribution < -0.4 is 5.01 Å². The second kappa shape index (κ2) is 7.39. The molecule has 2 atom stereocenters. The molecule has 1 amide bonds. The summed E-state index contributed by atoms with van der Waals surface area (Å²) >= 11 is 0. The highest BCUT2D eigenvalue weighted by Gasteiger charge is 2.41. The molecule has 10 heteroatoms. The van der Waals surface area contributed by atoms with Gasteiger partial charge in [0.15, 0.2) is 11.9 Å². The van der Waals surface area contributed by atoms with Crippen LogP contribution in [0.15, 0.2) is 40.0 Å². The topological polar surface area (TPSA) is 121 Å². The van der Waals surface area contributed by atoms with Gasteiger partial charge in [0.25, 0.3) is 11.8 Å². The van der Waals surface area contributed by atoms with E-state index >= 15 is 0 Å². The van der Waals surface area contributed by atoms with Crippen LogP contribution in [-0.2, 0) is 14.3 Å². The molecule has 146 valence electrons. The highest BCUT2D eigenvalue weighted by Crippen LogP contribution is 2.28. The molecule has 0 radical (unpaired) electrons. The second-order valence-corrected chi connectivity index (χ2v) is 6.55. The molecule has 4 rings (SSSR count). The van der Waals surface area contributed by atoms with Gasteiger partial charge < -0.3 is 19.3 Å². The number of carbonyl (C=O) groups is 2. The second-order valence-electron chi connectivity index (χ2n) is 6.55. The smallest absolute Gasteiger partial charge is 0.328 e. The number of anilines is 1. The van der Waals surface area contributed by atoms with Gasteiger partial charge in [0.05, 0.1) is 18.9 Å². The molecule has 1 aromatic carbocycles. The lowest BCUT2D eigenvalue weighted by molar-refractivity contribution is -0.138. The average molecular weight is 385 g/mol. The summed E-state index contributed by atoms with van der Waals surface area (Å²) in [6.45, 7) is 2.62. The number of rotatable bonds is 4. The molecule has 1 saturated heterocycles. The van der Waals surface area contributed by atoms with Crippen LogP contribution in [0.5, 0.6) is 0 Å². The van der Waals surface area contributed by atoms with Crippen molar-refractivity contribution < 1.29 is 24.0 Å². The van der Waals surface area contributed by atoms with E-state index in [4.69, 9.17) is 9.26 Å². The third-order valence-corrected chi connectivity index (χ3v) is 4.68. The molecule has 2 unspecified atom stereocenters. The molecular formula is C18H19N5O5. The molecular weight excluding hydrogens is 366 g/mol. The van der Waals surface area contributed by atoms with E-state index in [1.807, 2.05) is 6.07 Å². The van der Waals surface area contributed by atoms with E-state index in [2.05, 4.69) is 15.2 Å². The number of aliphatic carboxylic acids is 1. The van der Waals surface area contributed by atoms with E-state index in [1.54, 1.807) is 36.1 Å². The van der Waals surface area contributed by atoms with Gasteiger partial charge in [-0.05, 0) is 19.1 Å². The summed E-state index contributed by atoms with van der Waals surface area (Å²) in [5, 5.41) is 19.1. The van der Waals surface area contributed by atoms with Crippen molar-refractivity contribution in [3.63, 3.8) is 0 Å². The third-order valence-electron chi connectivity index (χ3n) is 4.68. The SMILES string of the molecule is Cc1noc(C2COCCN2C(=O)C2=NN(c3ccccc3)C(C(=O)O)C2)n1. The van der Waals surface area contributed by atoms with Gasteiger partial charge in [-0.15, -0.1) is 0 Å². The molecule has 0 bridgehead atoms. The fourth-order valence-corrected chi connectivity index (χ4v) is 3.32. The van der Waals surface area contributed by atoms with E-state index in [1.165, 1.54) is 5.01 Å². The standard InChI is InChI=1S/C18H19N5O5/c1-11-19-16(28-21-11)15-10-27-8-7-22(15)17(24)13-9-14(18(25)26)23(20-13)12-5-3-2-4-6-12/h2-6,14-15H,7-10H2,1H3,(H,25,26). The first-order valence-electron chi connectivity index (χ1n) is 8.88. The maximum absolute atomic E-state index is 13.2. The van der Waals surface area contributed by atoms with Crippen molar-refractivity contribution in [3.8, 4) is 0 Å². The molecule has 1 N–H and O–H groups in total. The number of hydrazone groups is 1. The predicted octanol–water partition coefficient (Wildman–Crippen LogP) is 0.997. The molecule has 0 spiro atoms. The minimum Gasteiger partial charge on any atom is -0.480 e. The zero-order valence-electron chi connectivity index (χ0n) is 15.2. The van der Waals surface area contributed by atoms with E-state index in [0.29, 0.717) is 30.6 Å². The van der Waals surface area contributed by atoms with Crippen molar-refractivity contribution in [2.75, 3.05) is 24.8 Å². The Hall–Kier alpha value is -3.27. The van der Waals surface area contributed by atoms with Gasteiger partial charge in [-0.2, -0.15) is 10.1 Å². The zero-order chi connectivity index (χ0) is 19.7. The van der Waals surface area contributed by atoms with Crippen molar-refractivity contribution in [1.82, 2.24) is 15.0 Å². The van der Waals surface area contributed by atoms with Crippen molar-refractivity contribution in [3.05, 3.63) is 42.0 Å². The number of ether oxygens (including phenoxy) is 1. The Morgan fingerprint density at radius 1 is 1.25 bits per heavy atom. The summed E-state index contributed by atoms with van der Waals surface area (Å²) in [6, 6.07) is 7.46. The Bertz CT molecular complexity index is 912. The minimum absolute atomic E-state index is 0.00992. The summed E-state index contributed by atoms with van der Waals surface area (Å²) in [6.07, 6.45) is 0.00992. The van der Waals surface area contributed by atoms with Gasteiger partial charge in [-0.1, -0.05) is 23.4 Å². The maximum Gasteiger partial charge on any atom is 0.328 e. The molecule has 2 aliphatic heterocycles. The van der Waals surface area contributed by atoms with Crippen LogP contribution in [0.4, 0.5) is 5.69 Å². The van der Waals surface area contributed by atoms with E-state index < -0.39 is 18.1 Å². The molecule has 3 heterocycles. The molecule has 1 aromatic heterocycles. The summed E-state index contributed by atoms with van der Waals surface area (Å²) in [4.78, 5) is 30.7. The van der Waals surface area contributed by atoms with Gasteiger partial charge >= 0.3 is 5.97 Å². The lowest BCUT2D eigenvalue weighted by Gasteiger charge is -2.33. The number of nitrogens with zero attached hydrogens (tertiary/aromatic N) is 5. The first-order chi connectivity index (χ1) is 13.5. The Labute approximate surface area is 160 Å². The maximum atomic E-state index is 13.2. The van der Waals surface area contributed by atoms with Gasteiger partial charge in [0, 0.05) is 13.0 Å². The van der Waals surface area contributed by atoms with Crippen molar-refractivity contribution in [2.24, 2.45) is 5.10 Å². The number of morpholine rings is 1. The van der Waals surface area contributed by atoms with Gasteiger partial charge in [-0.3, -0.25) is 9.80 Å². The predicted molar refractivity (Wildman–Crippen MR) is 96.7 cm³/mol. The lowest BCUT2D eigenvalue weighted by atomic mass is 10.1. The molecule has 0 aliphatic carbocycles. The van der Waals surface area contributed by atoms with Crippen LogP contribution in [0.25, 0.3) is 0 Å². The first kappa shape index (κ1) is 18.1. The Morgan fingerprint density at radius 2 is 2.04 bits per heavy atom. The fourth-order valence-electron chi connectivity index (χ4n) is 3.32. The number of benzene rings is 1. The molecule has 10 nitrogen and oxygen atoms in total. The fraction of sp³-hybridized carbons (Fsp3) is 0.389. The first-order valence-corrected chi connectivity index (χ1v) is 8.88. The number of hydrogen-bond donors (Lipinski definition) is 1. The van der Waals surface area contributed by atoms with E-state index in [0.717, 1.165) is 0 Å². The van der Waals surface area contributed by atoms with Crippen LogP contribution in [0.3, 0.4) is 0 Å².